The molecule has 4 nitrogen and oxygen atoms in total. The summed E-state index contributed by atoms with van der Waals surface area (Å²) in [5.74, 6) is 0.257. The van der Waals surface area contributed by atoms with Crippen LogP contribution in [0.2, 0.25) is 0 Å². The standard InChI is InChI=1S/C6H6N2O2S2/c1-10-5-4(3-7)6(11-8-5)12(2)9/h1-2H3. The second-order valence-electron chi connectivity index (χ2n) is 1.92. The largest absolute Gasteiger partial charge is 0.611 e. The Morgan fingerprint density at radius 1 is 1.75 bits per heavy atom. The van der Waals surface area contributed by atoms with Crippen LogP contribution in [0, 0.1) is 11.3 Å². The summed E-state index contributed by atoms with van der Waals surface area (Å²) in [5.41, 5.74) is 0.281. The highest BCUT2D eigenvalue weighted by Gasteiger charge is 2.21. The highest BCUT2D eigenvalue weighted by Crippen LogP contribution is 2.28. The summed E-state index contributed by atoms with van der Waals surface area (Å²) in [6, 6.07) is 1.91. The van der Waals surface area contributed by atoms with Crippen LogP contribution in [0.4, 0.5) is 0 Å². The van der Waals surface area contributed by atoms with Crippen molar-refractivity contribution in [1.29, 1.82) is 5.26 Å². The van der Waals surface area contributed by atoms with Crippen LogP contribution in [0.25, 0.3) is 0 Å². The average Bonchev–Trinajstić information content (AvgIpc) is 2.46. The molecule has 0 N–H and O–H groups in total. The number of ether oxygens (including phenoxy) is 1. The number of hydrogen-bond donors (Lipinski definition) is 0. The van der Waals surface area contributed by atoms with Crippen molar-refractivity contribution in [2.75, 3.05) is 13.4 Å². The van der Waals surface area contributed by atoms with Crippen molar-refractivity contribution in [3.05, 3.63) is 5.56 Å². The molecular weight excluding hydrogens is 196 g/mol. The molecule has 1 rings (SSSR count). The van der Waals surface area contributed by atoms with Crippen LogP contribution in [0.5, 0.6) is 5.88 Å². The molecule has 1 aromatic heterocycles. The third-order valence-corrected chi connectivity index (χ3v) is 3.48. The number of aromatic nitrogens is 1. The van der Waals surface area contributed by atoms with Gasteiger partial charge in [-0.25, -0.2) is 0 Å². The quantitative estimate of drug-likeness (QED) is 0.664. The van der Waals surface area contributed by atoms with Crippen molar-refractivity contribution in [2.45, 2.75) is 4.21 Å². The summed E-state index contributed by atoms with van der Waals surface area (Å²) in [6.07, 6.45) is 1.51. The molecule has 0 spiro atoms. The Balaban J connectivity index is 3.16. The first-order valence-corrected chi connectivity index (χ1v) is 5.31. The molecule has 0 aliphatic rings. The lowest BCUT2D eigenvalue weighted by Gasteiger charge is -1.98. The van der Waals surface area contributed by atoms with Crippen LogP contribution >= 0.6 is 11.5 Å². The van der Waals surface area contributed by atoms with Crippen molar-refractivity contribution in [3.63, 3.8) is 0 Å². The Bertz CT molecular complexity index is 316. The molecule has 1 unspecified atom stereocenters. The lowest BCUT2D eigenvalue weighted by molar-refractivity contribution is 0.400. The molecule has 6 heteroatoms. The van der Waals surface area contributed by atoms with Crippen molar-refractivity contribution in [3.8, 4) is 11.9 Å². The van der Waals surface area contributed by atoms with E-state index in [4.69, 9.17) is 10.00 Å². The number of methoxy groups -OCH3 is 1. The minimum atomic E-state index is -1.17. The second kappa shape index (κ2) is 3.76. The molecule has 0 aliphatic heterocycles. The van der Waals surface area contributed by atoms with E-state index in [0.29, 0.717) is 4.21 Å². The van der Waals surface area contributed by atoms with E-state index in [1.807, 2.05) is 6.07 Å². The number of rotatable bonds is 2. The smallest absolute Gasteiger partial charge is 0.248 e. The number of nitrogens with zero attached hydrogens (tertiary/aromatic N) is 2. The zero-order chi connectivity index (χ0) is 9.14. The van der Waals surface area contributed by atoms with Crippen LogP contribution in [-0.4, -0.2) is 22.3 Å². The molecule has 0 amide bonds. The molecule has 12 heavy (non-hydrogen) atoms. The van der Waals surface area contributed by atoms with E-state index in [2.05, 4.69) is 4.37 Å². The molecule has 0 saturated carbocycles. The fraction of sp³-hybridized carbons (Fsp3) is 0.333. The fourth-order valence-corrected chi connectivity index (χ4v) is 2.20. The van der Waals surface area contributed by atoms with Gasteiger partial charge in [0.25, 0.3) is 0 Å². The van der Waals surface area contributed by atoms with Crippen molar-refractivity contribution < 1.29 is 9.29 Å². The third kappa shape index (κ3) is 1.53. The molecule has 0 aromatic carbocycles. The first-order valence-electron chi connectivity index (χ1n) is 2.98. The van der Waals surface area contributed by atoms with E-state index < -0.39 is 11.2 Å². The van der Waals surface area contributed by atoms with Crippen molar-refractivity contribution >= 4 is 22.7 Å². The molecule has 1 atom stereocenters. The molecule has 64 valence electrons. The molecule has 0 bridgehead atoms. The normalized spacial score (nSPS) is 12.2. The Morgan fingerprint density at radius 2 is 2.42 bits per heavy atom. The van der Waals surface area contributed by atoms with Gasteiger partial charge in [-0.05, 0) is 11.2 Å². The Labute approximate surface area is 77.1 Å². The van der Waals surface area contributed by atoms with Crippen molar-refractivity contribution in [2.24, 2.45) is 0 Å². The van der Waals surface area contributed by atoms with Gasteiger partial charge >= 0.3 is 0 Å². The molecule has 1 aromatic rings. The van der Waals surface area contributed by atoms with E-state index in [-0.39, 0.29) is 11.4 Å². The maximum absolute atomic E-state index is 11.0. The summed E-state index contributed by atoms with van der Waals surface area (Å²) >= 11 is -0.132. The van der Waals surface area contributed by atoms with Gasteiger partial charge in [0.2, 0.25) is 10.1 Å². The van der Waals surface area contributed by atoms with E-state index in [9.17, 15) is 4.55 Å². The first-order chi connectivity index (χ1) is 5.70. The maximum Gasteiger partial charge on any atom is 0.248 e. The summed E-state index contributed by atoms with van der Waals surface area (Å²) in [4.78, 5) is 0. The van der Waals surface area contributed by atoms with Gasteiger partial charge in [-0.3, -0.25) is 0 Å². The zero-order valence-corrected chi connectivity index (χ0v) is 8.16. The van der Waals surface area contributed by atoms with Crippen LogP contribution in [0.15, 0.2) is 4.21 Å². The minimum Gasteiger partial charge on any atom is -0.611 e. The molecule has 0 saturated heterocycles. The predicted octanol–water partition coefficient (Wildman–Crippen LogP) is 0.761. The summed E-state index contributed by atoms with van der Waals surface area (Å²) in [6.45, 7) is 0. The fourth-order valence-electron chi connectivity index (χ4n) is 0.691. The zero-order valence-electron chi connectivity index (χ0n) is 6.53. The minimum absolute atomic E-state index is 0.257. The van der Waals surface area contributed by atoms with E-state index in [0.717, 1.165) is 11.5 Å². The van der Waals surface area contributed by atoms with Gasteiger partial charge in [-0.1, -0.05) is 0 Å². The SMILES string of the molecule is COc1nsc([S+](C)[O-])c1C#N. The van der Waals surface area contributed by atoms with Gasteiger partial charge in [0.15, 0.2) is 5.56 Å². The van der Waals surface area contributed by atoms with Crippen LogP contribution in [-0.2, 0) is 11.2 Å². The van der Waals surface area contributed by atoms with Gasteiger partial charge in [-0.15, -0.1) is 4.37 Å². The summed E-state index contributed by atoms with van der Waals surface area (Å²) < 4.78 is 20.1. The van der Waals surface area contributed by atoms with E-state index >= 15 is 0 Å². The van der Waals surface area contributed by atoms with Gasteiger partial charge in [0, 0.05) is 11.5 Å². The molecule has 0 aliphatic carbocycles. The van der Waals surface area contributed by atoms with E-state index in [1.54, 1.807) is 0 Å². The lowest BCUT2D eigenvalue weighted by atomic mass is 10.4. The maximum atomic E-state index is 11.0. The summed E-state index contributed by atoms with van der Waals surface area (Å²) in [7, 11) is 1.43. The molecule has 0 radical (unpaired) electrons. The monoisotopic (exact) mass is 202 g/mol. The lowest BCUT2D eigenvalue weighted by Crippen LogP contribution is -1.96. The molecular formula is C6H6N2O2S2. The highest BCUT2D eigenvalue weighted by atomic mass is 32.2. The first kappa shape index (κ1) is 9.32. The molecule has 0 fully saturated rings. The Kier molecular flexibility index (Phi) is 2.92. The van der Waals surface area contributed by atoms with Crippen molar-refractivity contribution in [1.82, 2.24) is 4.37 Å². The number of hydrogen-bond acceptors (Lipinski definition) is 5. The number of nitriles is 1. The van der Waals surface area contributed by atoms with Gasteiger partial charge in [0.05, 0.1) is 7.11 Å². The highest BCUT2D eigenvalue weighted by molar-refractivity contribution is 7.92. The Morgan fingerprint density at radius 3 is 2.83 bits per heavy atom. The van der Waals surface area contributed by atoms with E-state index in [1.165, 1.54) is 13.4 Å². The predicted molar refractivity (Wildman–Crippen MR) is 45.7 cm³/mol. The van der Waals surface area contributed by atoms with Gasteiger partial charge in [-0.2, -0.15) is 5.26 Å². The van der Waals surface area contributed by atoms with Crippen LogP contribution in [0.1, 0.15) is 5.56 Å². The van der Waals surface area contributed by atoms with Crippen LogP contribution < -0.4 is 4.74 Å². The Hall–Kier alpha value is -0.770. The topological polar surface area (TPSA) is 69.0 Å². The van der Waals surface area contributed by atoms with Gasteiger partial charge < -0.3 is 9.29 Å². The summed E-state index contributed by atoms with van der Waals surface area (Å²) in [5, 5.41) is 8.67. The van der Waals surface area contributed by atoms with Crippen LogP contribution in [0.3, 0.4) is 0 Å². The molecule has 1 heterocycles. The average molecular weight is 202 g/mol. The van der Waals surface area contributed by atoms with Gasteiger partial charge in [0.1, 0.15) is 12.3 Å². The third-order valence-electron chi connectivity index (χ3n) is 1.20. The second-order valence-corrected chi connectivity index (χ2v) is 4.27.